The molecule has 1 aromatic rings. The third-order valence-corrected chi connectivity index (χ3v) is 5.74. The van der Waals surface area contributed by atoms with E-state index in [4.69, 9.17) is 5.11 Å². The van der Waals surface area contributed by atoms with Crippen LogP contribution in [0.1, 0.15) is 19.8 Å². The average molecular weight is 340 g/mol. The molecule has 1 saturated heterocycles. The van der Waals surface area contributed by atoms with Crippen molar-refractivity contribution in [1.82, 2.24) is 9.62 Å². The lowest BCUT2D eigenvalue weighted by molar-refractivity contribution is -0.142. The zero-order valence-corrected chi connectivity index (χ0v) is 13.6. The SMILES string of the molecule is CC(NC(=O)C1CCCN(S(=O)(=O)c2ccccc2)C1)C(=O)O. The van der Waals surface area contributed by atoms with Crippen LogP contribution in [0.5, 0.6) is 0 Å². The molecule has 126 valence electrons. The highest BCUT2D eigenvalue weighted by atomic mass is 32.2. The largest absolute Gasteiger partial charge is 0.480 e. The van der Waals surface area contributed by atoms with Crippen LogP contribution in [-0.4, -0.2) is 48.8 Å². The molecule has 2 rings (SSSR count). The van der Waals surface area contributed by atoms with Crippen LogP contribution in [-0.2, 0) is 19.6 Å². The van der Waals surface area contributed by atoms with Gasteiger partial charge in [-0.1, -0.05) is 18.2 Å². The Morgan fingerprint density at radius 3 is 2.57 bits per heavy atom. The Morgan fingerprint density at radius 1 is 1.30 bits per heavy atom. The fourth-order valence-corrected chi connectivity index (χ4v) is 4.05. The van der Waals surface area contributed by atoms with E-state index in [0.29, 0.717) is 19.4 Å². The first-order valence-corrected chi connectivity index (χ1v) is 8.84. The number of carboxylic acids is 1. The van der Waals surface area contributed by atoms with Gasteiger partial charge in [0.05, 0.1) is 10.8 Å². The number of aliphatic carboxylic acids is 1. The number of carbonyl (C=O) groups excluding carboxylic acids is 1. The number of rotatable bonds is 5. The molecule has 0 aliphatic carbocycles. The molecular formula is C15H20N2O5S. The van der Waals surface area contributed by atoms with Gasteiger partial charge in [0.1, 0.15) is 6.04 Å². The predicted octanol–water partition coefficient (Wildman–Crippen LogP) is 0.677. The van der Waals surface area contributed by atoms with Gasteiger partial charge in [0.15, 0.2) is 0 Å². The van der Waals surface area contributed by atoms with Crippen LogP contribution in [0.3, 0.4) is 0 Å². The van der Waals surface area contributed by atoms with Gasteiger partial charge in [-0.05, 0) is 31.9 Å². The van der Waals surface area contributed by atoms with E-state index in [-0.39, 0.29) is 11.4 Å². The van der Waals surface area contributed by atoms with Crippen LogP contribution >= 0.6 is 0 Å². The first-order valence-electron chi connectivity index (χ1n) is 7.40. The normalized spacial score (nSPS) is 20.7. The molecule has 2 atom stereocenters. The summed E-state index contributed by atoms with van der Waals surface area (Å²) in [5.74, 6) is -2.08. The molecule has 0 aromatic heterocycles. The maximum atomic E-state index is 12.6. The highest BCUT2D eigenvalue weighted by molar-refractivity contribution is 7.89. The number of nitrogens with zero attached hydrogens (tertiary/aromatic N) is 1. The van der Waals surface area contributed by atoms with E-state index >= 15 is 0 Å². The number of hydrogen-bond donors (Lipinski definition) is 2. The molecule has 0 radical (unpaired) electrons. The third-order valence-electron chi connectivity index (χ3n) is 3.87. The number of hydrogen-bond acceptors (Lipinski definition) is 4. The summed E-state index contributed by atoms with van der Waals surface area (Å²) in [5.41, 5.74) is 0. The quantitative estimate of drug-likeness (QED) is 0.820. The van der Waals surface area contributed by atoms with Gasteiger partial charge in [0.25, 0.3) is 0 Å². The lowest BCUT2D eigenvalue weighted by atomic mass is 9.98. The van der Waals surface area contributed by atoms with Crippen molar-refractivity contribution in [2.45, 2.75) is 30.7 Å². The van der Waals surface area contributed by atoms with Crippen LogP contribution in [0, 0.1) is 5.92 Å². The van der Waals surface area contributed by atoms with E-state index in [1.165, 1.54) is 23.4 Å². The summed E-state index contributed by atoms with van der Waals surface area (Å²) >= 11 is 0. The highest BCUT2D eigenvalue weighted by Crippen LogP contribution is 2.23. The van der Waals surface area contributed by atoms with Gasteiger partial charge in [-0.3, -0.25) is 9.59 Å². The molecule has 0 saturated carbocycles. The van der Waals surface area contributed by atoms with Gasteiger partial charge >= 0.3 is 5.97 Å². The fraction of sp³-hybridized carbons (Fsp3) is 0.467. The van der Waals surface area contributed by atoms with E-state index in [1.807, 2.05) is 0 Å². The molecule has 1 aromatic carbocycles. The fourth-order valence-electron chi connectivity index (χ4n) is 2.51. The molecule has 1 amide bonds. The standard InChI is InChI=1S/C15H20N2O5S/c1-11(15(19)20)16-14(18)12-6-5-9-17(10-12)23(21,22)13-7-3-2-4-8-13/h2-4,7-8,11-12H,5-6,9-10H2,1H3,(H,16,18)(H,19,20). The Morgan fingerprint density at radius 2 is 1.96 bits per heavy atom. The van der Waals surface area contributed by atoms with Crippen LogP contribution in [0.4, 0.5) is 0 Å². The Balaban J connectivity index is 2.09. The van der Waals surface area contributed by atoms with Crippen molar-refractivity contribution in [1.29, 1.82) is 0 Å². The molecule has 0 spiro atoms. The molecule has 1 fully saturated rings. The molecule has 2 unspecified atom stereocenters. The molecule has 1 aliphatic rings. The van der Waals surface area contributed by atoms with Crippen LogP contribution < -0.4 is 5.32 Å². The van der Waals surface area contributed by atoms with Crippen molar-refractivity contribution in [2.75, 3.05) is 13.1 Å². The first-order chi connectivity index (χ1) is 10.8. The Bertz CT molecular complexity index is 674. The monoisotopic (exact) mass is 340 g/mol. The summed E-state index contributed by atoms with van der Waals surface area (Å²) in [7, 11) is -3.64. The summed E-state index contributed by atoms with van der Waals surface area (Å²) < 4.78 is 26.5. The van der Waals surface area contributed by atoms with Crippen molar-refractivity contribution in [3.63, 3.8) is 0 Å². The summed E-state index contributed by atoms with van der Waals surface area (Å²) in [6, 6.07) is 7.07. The van der Waals surface area contributed by atoms with Gasteiger partial charge in [0, 0.05) is 13.1 Å². The van der Waals surface area contributed by atoms with E-state index in [0.717, 1.165) is 0 Å². The topological polar surface area (TPSA) is 104 Å². The van der Waals surface area contributed by atoms with Gasteiger partial charge < -0.3 is 10.4 Å². The molecule has 1 aliphatic heterocycles. The minimum absolute atomic E-state index is 0.0649. The number of carbonyl (C=O) groups is 2. The summed E-state index contributed by atoms with van der Waals surface area (Å²) in [6.07, 6.45) is 1.10. The van der Waals surface area contributed by atoms with Crippen molar-refractivity contribution in [2.24, 2.45) is 5.92 Å². The first kappa shape index (κ1) is 17.4. The predicted molar refractivity (Wildman–Crippen MR) is 83.2 cm³/mol. The minimum atomic E-state index is -3.64. The van der Waals surface area contributed by atoms with E-state index in [9.17, 15) is 18.0 Å². The zero-order valence-electron chi connectivity index (χ0n) is 12.8. The highest BCUT2D eigenvalue weighted by Gasteiger charge is 2.33. The number of benzene rings is 1. The molecule has 1 heterocycles. The summed E-state index contributed by atoms with van der Waals surface area (Å²) in [6.45, 7) is 1.80. The van der Waals surface area contributed by atoms with E-state index in [1.54, 1.807) is 18.2 Å². The Labute approximate surface area is 135 Å². The Hall–Kier alpha value is -1.93. The van der Waals surface area contributed by atoms with E-state index in [2.05, 4.69) is 5.32 Å². The van der Waals surface area contributed by atoms with Gasteiger partial charge in [-0.2, -0.15) is 4.31 Å². The Kier molecular flexibility index (Phi) is 5.38. The number of carboxylic acid groups (broad SMARTS) is 1. The van der Waals surface area contributed by atoms with Gasteiger partial charge in [0.2, 0.25) is 15.9 Å². The molecule has 8 heteroatoms. The van der Waals surface area contributed by atoms with E-state index < -0.39 is 33.9 Å². The van der Waals surface area contributed by atoms with Crippen molar-refractivity contribution in [3.05, 3.63) is 30.3 Å². The molecule has 23 heavy (non-hydrogen) atoms. The lowest BCUT2D eigenvalue weighted by Crippen LogP contribution is -2.48. The maximum absolute atomic E-state index is 12.6. The second-order valence-corrected chi connectivity index (χ2v) is 7.52. The smallest absolute Gasteiger partial charge is 0.325 e. The van der Waals surface area contributed by atoms with Crippen LogP contribution in [0.2, 0.25) is 0 Å². The second kappa shape index (κ2) is 7.10. The van der Waals surface area contributed by atoms with Crippen molar-refractivity contribution in [3.8, 4) is 0 Å². The second-order valence-electron chi connectivity index (χ2n) is 5.58. The summed E-state index contributed by atoms with van der Waals surface area (Å²) in [5, 5.41) is 11.2. The average Bonchev–Trinajstić information content (AvgIpc) is 2.55. The third kappa shape index (κ3) is 4.08. The number of piperidine rings is 1. The van der Waals surface area contributed by atoms with Gasteiger partial charge in [-0.25, -0.2) is 8.42 Å². The number of nitrogens with one attached hydrogen (secondary N) is 1. The summed E-state index contributed by atoms with van der Waals surface area (Å²) in [4.78, 5) is 23.1. The molecule has 0 bridgehead atoms. The minimum Gasteiger partial charge on any atom is -0.480 e. The number of sulfonamides is 1. The molecule has 7 nitrogen and oxygen atoms in total. The van der Waals surface area contributed by atoms with Crippen LogP contribution in [0.25, 0.3) is 0 Å². The van der Waals surface area contributed by atoms with Crippen molar-refractivity contribution >= 4 is 21.9 Å². The molecule has 2 N–H and O–H groups in total. The lowest BCUT2D eigenvalue weighted by Gasteiger charge is -2.31. The van der Waals surface area contributed by atoms with Crippen molar-refractivity contribution < 1.29 is 23.1 Å². The number of amides is 1. The molecular weight excluding hydrogens is 320 g/mol. The zero-order chi connectivity index (χ0) is 17.0. The van der Waals surface area contributed by atoms with Gasteiger partial charge in [-0.15, -0.1) is 0 Å². The maximum Gasteiger partial charge on any atom is 0.325 e. The van der Waals surface area contributed by atoms with Crippen LogP contribution in [0.15, 0.2) is 35.2 Å².